The van der Waals surface area contributed by atoms with E-state index in [-0.39, 0.29) is 5.56 Å². The summed E-state index contributed by atoms with van der Waals surface area (Å²) in [6.45, 7) is 4.03. The summed E-state index contributed by atoms with van der Waals surface area (Å²) in [6, 6.07) is 9.63. The highest BCUT2D eigenvalue weighted by atomic mass is 32.1. The predicted octanol–water partition coefficient (Wildman–Crippen LogP) is 4.34. The molecule has 0 aliphatic rings. The van der Waals surface area contributed by atoms with Gasteiger partial charge in [0.25, 0.3) is 5.56 Å². The van der Waals surface area contributed by atoms with Gasteiger partial charge in [-0.1, -0.05) is 11.6 Å². The first-order valence-electron chi connectivity index (χ1n) is 8.17. The molecule has 26 heavy (non-hydrogen) atoms. The Hall–Kier alpha value is -2.99. The summed E-state index contributed by atoms with van der Waals surface area (Å²) >= 11 is 1.52. The Bertz CT molecular complexity index is 1160. The first-order valence-corrected chi connectivity index (χ1v) is 8.99. The lowest BCUT2D eigenvalue weighted by Gasteiger charge is -2.10. The maximum absolute atomic E-state index is 12.9. The second-order valence-corrected chi connectivity index (χ2v) is 7.27. The van der Waals surface area contributed by atoms with E-state index in [1.54, 1.807) is 19.5 Å². The monoisotopic (exact) mass is 363 g/mol. The molecule has 0 aliphatic heterocycles. The molecule has 0 saturated carbocycles. The lowest BCUT2D eigenvalue weighted by atomic mass is 10.0. The molecule has 0 unspecified atom stereocenters. The Balaban J connectivity index is 2.00. The molecule has 0 aliphatic carbocycles. The van der Waals surface area contributed by atoms with Crippen LogP contribution in [0.3, 0.4) is 0 Å². The van der Waals surface area contributed by atoms with E-state index in [4.69, 9.17) is 4.74 Å². The van der Waals surface area contributed by atoms with Crippen molar-refractivity contribution in [2.45, 2.75) is 13.8 Å². The normalized spacial score (nSPS) is 11.0. The highest BCUT2D eigenvalue weighted by Gasteiger charge is 2.19. The molecule has 5 nitrogen and oxygen atoms in total. The number of aromatic amines is 1. The van der Waals surface area contributed by atoms with Gasteiger partial charge in [0, 0.05) is 34.0 Å². The van der Waals surface area contributed by atoms with E-state index in [2.05, 4.69) is 15.0 Å². The van der Waals surface area contributed by atoms with Gasteiger partial charge < -0.3 is 9.72 Å². The minimum absolute atomic E-state index is 0.148. The molecule has 1 aromatic carbocycles. The third-order valence-corrected chi connectivity index (χ3v) is 5.32. The minimum Gasteiger partial charge on any atom is -0.496 e. The zero-order chi connectivity index (χ0) is 18.3. The molecule has 130 valence electrons. The third kappa shape index (κ3) is 2.68. The topological polar surface area (TPSA) is 67.9 Å². The van der Waals surface area contributed by atoms with Crippen molar-refractivity contribution in [3.05, 3.63) is 63.5 Å². The molecule has 0 bridgehead atoms. The van der Waals surface area contributed by atoms with Crippen LogP contribution >= 0.6 is 11.3 Å². The number of nitrogens with one attached hydrogen (secondary N) is 1. The summed E-state index contributed by atoms with van der Waals surface area (Å²) in [5.74, 6) is 1.30. The number of ether oxygens (including phenoxy) is 1. The molecule has 0 spiro atoms. The van der Waals surface area contributed by atoms with Crippen molar-refractivity contribution in [1.29, 1.82) is 0 Å². The van der Waals surface area contributed by atoms with Crippen LogP contribution in [0.5, 0.6) is 5.75 Å². The van der Waals surface area contributed by atoms with Crippen molar-refractivity contribution in [2.24, 2.45) is 0 Å². The average Bonchev–Trinajstić information content (AvgIpc) is 2.98. The van der Waals surface area contributed by atoms with Gasteiger partial charge in [-0.25, -0.2) is 4.98 Å². The Kier molecular flexibility index (Phi) is 4.05. The van der Waals surface area contributed by atoms with E-state index < -0.39 is 0 Å². The van der Waals surface area contributed by atoms with Crippen LogP contribution in [0.4, 0.5) is 0 Å². The molecule has 6 heteroatoms. The quantitative estimate of drug-likeness (QED) is 0.588. The highest BCUT2D eigenvalue weighted by Crippen LogP contribution is 2.40. The van der Waals surface area contributed by atoms with Gasteiger partial charge in [0.05, 0.1) is 12.5 Å². The van der Waals surface area contributed by atoms with Crippen molar-refractivity contribution in [3.63, 3.8) is 0 Å². The molecule has 0 amide bonds. The van der Waals surface area contributed by atoms with Crippen molar-refractivity contribution in [3.8, 4) is 28.3 Å². The number of benzene rings is 1. The zero-order valence-electron chi connectivity index (χ0n) is 14.7. The Labute approximate surface area is 154 Å². The second-order valence-electron chi connectivity index (χ2n) is 6.07. The number of thiophene rings is 1. The summed E-state index contributed by atoms with van der Waals surface area (Å²) in [7, 11) is 1.64. The van der Waals surface area contributed by atoms with Gasteiger partial charge in [-0.05, 0) is 38.1 Å². The molecule has 4 rings (SSSR count). The SMILES string of the molecule is COc1ccc(C)cc1-c1c(C)sc2nc(-c3ccncc3)[nH]c(=O)c12. The number of H-pyrrole nitrogens is 1. The van der Waals surface area contributed by atoms with Crippen molar-refractivity contribution in [2.75, 3.05) is 7.11 Å². The number of nitrogens with zero attached hydrogens (tertiary/aromatic N) is 2. The standard InChI is InChI=1S/C20H17N3O2S/c1-11-4-5-15(25-3)14(10-11)16-12(2)26-20-17(16)19(24)22-18(23-20)13-6-8-21-9-7-13/h4-10H,1-3H3,(H,22,23,24). The van der Waals surface area contributed by atoms with Gasteiger partial charge in [0.15, 0.2) is 0 Å². The minimum atomic E-state index is -0.148. The van der Waals surface area contributed by atoms with Gasteiger partial charge in [0.1, 0.15) is 16.4 Å². The van der Waals surface area contributed by atoms with Gasteiger partial charge in [0.2, 0.25) is 0 Å². The molecule has 3 heterocycles. The van der Waals surface area contributed by atoms with Crippen molar-refractivity contribution in [1.82, 2.24) is 15.0 Å². The van der Waals surface area contributed by atoms with Crippen LogP contribution in [-0.4, -0.2) is 22.1 Å². The molecule has 3 aromatic heterocycles. The van der Waals surface area contributed by atoms with Gasteiger partial charge >= 0.3 is 0 Å². The first-order chi connectivity index (χ1) is 12.6. The van der Waals surface area contributed by atoms with Crippen LogP contribution in [0.1, 0.15) is 10.4 Å². The maximum atomic E-state index is 12.9. The van der Waals surface area contributed by atoms with Crippen LogP contribution < -0.4 is 10.3 Å². The van der Waals surface area contributed by atoms with Crippen molar-refractivity contribution < 1.29 is 4.74 Å². The number of aryl methyl sites for hydroxylation is 2. The number of aromatic nitrogens is 3. The molecule has 1 N–H and O–H groups in total. The largest absolute Gasteiger partial charge is 0.496 e. The van der Waals surface area contributed by atoms with E-state index in [0.29, 0.717) is 11.2 Å². The van der Waals surface area contributed by atoms with E-state index in [1.807, 2.05) is 44.2 Å². The lowest BCUT2D eigenvalue weighted by molar-refractivity contribution is 0.416. The van der Waals surface area contributed by atoms with Crippen LogP contribution in [0, 0.1) is 13.8 Å². The Morgan fingerprint density at radius 2 is 1.88 bits per heavy atom. The molecule has 0 saturated heterocycles. The smallest absolute Gasteiger partial charge is 0.260 e. The molecule has 0 fully saturated rings. The summed E-state index contributed by atoms with van der Waals surface area (Å²) < 4.78 is 5.53. The number of pyridine rings is 1. The summed E-state index contributed by atoms with van der Waals surface area (Å²) in [4.78, 5) is 26.3. The first kappa shape index (κ1) is 16.5. The van der Waals surface area contributed by atoms with Gasteiger partial charge in [-0.15, -0.1) is 11.3 Å². The fourth-order valence-corrected chi connectivity index (χ4v) is 4.14. The van der Waals surface area contributed by atoms with Gasteiger partial charge in [-0.2, -0.15) is 0 Å². The average molecular weight is 363 g/mol. The number of rotatable bonds is 3. The van der Waals surface area contributed by atoms with Gasteiger partial charge in [-0.3, -0.25) is 9.78 Å². The fraction of sp³-hybridized carbons (Fsp3) is 0.150. The molecule has 4 aromatic rings. The van der Waals surface area contributed by atoms with Crippen LogP contribution in [0.2, 0.25) is 0 Å². The third-order valence-electron chi connectivity index (χ3n) is 4.32. The van der Waals surface area contributed by atoms with Crippen LogP contribution in [-0.2, 0) is 0 Å². The van der Waals surface area contributed by atoms with E-state index in [9.17, 15) is 4.79 Å². The highest BCUT2D eigenvalue weighted by molar-refractivity contribution is 7.19. The predicted molar refractivity (Wildman–Crippen MR) is 105 cm³/mol. The maximum Gasteiger partial charge on any atom is 0.260 e. The number of hydrogen-bond donors (Lipinski definition) is 1. The van der Waals surface area contributed by atoms with E-state index >= 15 is 0 Å². The zero-order valence-corrected chi connectivity index (χ0v) is 15.5. The molecule has 0 atom stereocenters. The lowest BCUT2D eigenvalue weighted by Crippen LogP contribution is -2.09. The number of hydrogen-bond acceptors (Lipinski definition) is 5. The van der Waals surface area contributed by atoms with Crippen LogP contribution in [0.25, 0.3) is 32.7 Å². The van der Waals surface area contributed by atoms with E-state index in [0.717, 1.165) is 37.7 Å². The number of fused-ring (bicyclic) bond motifs is 1. The Morgan fingerprint density at radius 3 is 2.62 bits per heavy atom. The Morgan fingerprint density at radius 1 is 1.12 bits per heavy atom. The summed E-state index contributed by atoms with van der Waals surface area (Å²) in [6.07, 6.45) is 3.37. The summed E-state index contributed by atoms with van der Waals surface area (Å²) in [5.41, 5.74) is 3.60. The van der Waals surface area contributed by atoms with Crippen molar-refractivity contribution >= 4 is 21.6 Å². The van der Waals surface area contributed by atoms with E-state index in [1.165, 1.54) is 11.3 Å². The second kappa shape index (κ2) is 6.38. The molecule has 0 radical (unpaired) electrons. The summed E-state index contributed by atoms with van der Waals surface area (Å²) in [5, 5.41) is 0.606. The number of methoxy groups -OCH3 is 1. The molecular formula is C20H17N3O2S. The molecular weight excluding hydrogens is 346 g/mol. The van der Waals surface area contributed by atoms with Crippen LogP contribution in [0.15, 0.2) is 47.5 Å². The fourth-order valence-electron chi connectivity index (χ4n) is 3.11.